The van der Waals surface area contributed by atoms with Crippen LogP contribution < -0.4 is 9.46 Å². The highest BCUT2D eigenvalue weighted by Gasteiger charge is 2.34. The number of rotatable bonds is 9. The van der Waals surface area contributed by atoms with Gasteiger partial charge in [-0.1, -0.05) is 30.7 Å². The molecule has 0 saturated heterocycles. The quantitative estimate of drug-likeness (QED) is 0.320. The number of nitrogens with one attached hydrogen (secondary N) is 1. The molecule has 0 aliphatic carbocycles. The molecule has 3 atom stereocenters. The van der Waals surface area contributed by atoms with Gasteiger partial charge in [0.25, 0.3) is 15.9 Å². The first-order chi connectivity index (χ1) is 20.2. The molecule has 1 heterocycles. The number of aliphatic hydroxyl groups excluding tert-OH is 1. The van der Waals surface area contributed by atoms with Crippen molar-refractivity contribution in [3.8, 4) is 5.75 Å². The molecule has 1 amide bonds. The highest BCUT2D eigenvalue weighted by atomic mass is 35.5. The minimum absolute atomic E-state index is 0.00767. The number of carbonyl (C=O) groups is 1. The summed E-state index contributed by atoms with van der Waals surface area (Å²) < 4.78 is 73.6. The van der Waals surface area contributed by atoms with Gasteiger partial charge in [-0.3, -0.25) is 14.4 Å². The zero-order valence-electron chi connectivity index (χ0n) is 23.8. The third-order valence-corrected chi connectivity index (χ3v) is 8.92. The van der Waals surface area contributed by atoms with Crippen LogP contribution >= 0.6 is 11.6 Å². The van der Waals surface area contributed by atoms with E-state index in [0.29, 0.717) is 23.7 Å². The average molecular weight is 640 g/mol. The molecule has 8 nitrogen and oxygen atoms in total. The molecule has 0 spiro atoms. The third kappa shape index (κ3) is 7.99. The van der Waals surface area contributed by atoms with E-state index in [1.54, 1.807) is 6.92 Å². The summed E-state index contributed by atoms with van der Waals surface area (Å²) in [5.74, 6) is -0.370. The van der Waals surface area contributed by atoms with Crippen molar-refractivity contribution >= 4 is 33.2 Å². The Bertz CT molecular complexity index is 1540. The van der Waals surface area contributed by atoms with Gasteiger partial charge in [0.2, 0.25) is 0 Å². The first kappa shape index (κ1) is 32.6. The van der Waals surface area contributed by atoms with Gasteiger partial charge in [-0.2, -0.15) is 13.2 Å². The number of hydrogen-bond acceptors (Lipinski definition) is 6. The molecular formula is C30H33ClF3N3O5S. The Hall–Kier alpha value is -3.32. The molecule has 0 unspecified atom stereocenters. The van der Waals surface area contributed by atoms with E-state index in [-0.39, 0.29) is 41.0 Å². The Morgan fingerprint density at radius 2 is 1.77 bits per heavy atom. The fourth-order valence-corrected chi connectivity index (χ4v) is 5.99. The third-order valence-electron chi connectivity index (χ3n) is 7.27. The summed E-state index contributed by atoms with van der Waals surface area (Å²) in [5.41, 5.74) is 0.244. The molecule has 3 aromatic carbocycles. The number of aliphatic hydroxyl groups is 1. The monoisotopic (exact) mass is 639 g/mol. The molecule has 13 heteroatoms. The van der Waals surface area contributed by atoms with E-state index < -0.39 is 39.8 Å². The van der Waals surface area contributed by atoms with Crippen LogP contribution in [0.5, 0.6) is 5.75 Å². The summed E-state index contributed by atoms with van der Waals surface area (Å²) in [7, 11) is -2.16. The fraction of sp³-hybridized carbons (Fsp3) is 0.367. The second kappa shape index (κ2) is 13.1. The number of hydrogen-bond donors (Lipinski definition) is 2. The predicted octanol–water partition coefficient (Wildman–Crippen LogP) is 5.51. The van der Waals surface area contributed by atoms with Gasteiger partial charge in [0, 0.05) is 36.3 Å². The van der Waals surface area contributed by atoms with Crippen LogP contribution in [0, 0.1) is 5.92 Å². The second-order valence-electron chi connectivity index (χ2n) is 10.8. The van der Waals surface area contributed by atoms with E-state index in [1.807, 2.05) is 18.9 Å². The van der Waals surface area contributed by atoms with Crippen molar-refractivity contribution in [2.75, 3.05) is 31.5 Å². The zero-order valence-corrected chi connectivity index (χ0v) is 25.4. The van der Waals surface area contributed by atoms with E-state index in [0.717, 1.165) is 12.1 Å². The topological polar surface area (TPSA) is 99.2 Å². The van der Waals surface area contributed by atoms with Gasteiger partial charge in [-0.05, 0) is 74.1 Å². The van der Waals surface area contributed by atoms with E-state index in [1.165, 1.54) is 59.5 Å². The number of alkyl halides is 3. The minimum Gasteiger partial charge on any atom is -0.488 e. The highest BCUT2D eigenvalue weighted by Crippen LogP contribution is 2.32. The lowest BCUT2D eigenvalue weighted by Crippen LogP contribution is -2.49. The molecule has 0 aromatic heterocycles. The zero-order chi connectivity index (χ0) is 31.5. The molecule has 0 bridgehead atoms. The molecule has 0 fully saturated rings. The maximum Gasteiger partial charge on any atom is 0.416 e. The summed E-state index contributed by atoms with van der Waals surface area (Å²) in [6.45, 7) is 4.34. The summed E-state index contributed by atoms with van der Waals surface area (Å²) in [6, 6.07) is 14.5. The van der Waals surface area contributed by atoms with Crippen molar-refractivity contribution in [3.63, 3.8) is 0 Å². The Morgan fingerprint density at radius 3 is 2.37 bits per heavy atom. The maximum absolute atomic E-state index is 13.7. The normalized spacial score (nSPS) is 18.4. The second-order valence-corrected chi connectivity index (χ2v) is 12.9. The van der Waals surface area contributed by atoms with Crippen LogP contribution in [0.2, 0.25) is 5.02 Å². The Balaban J connectivity index is 1.59. The van der Waals surface area contributed by atoms with Crippen LogP contribution in [0.25, 0.3) is 0 Å². The van der Waals surface area contributed by atoms with Gasteiger partial charge in [-0.15, -0.1) is 0 Å². The van der Waals surface area contributed by atoms with Gasteiger partial charge >= 0.3 is 6.18 Å². The van der Waals surface area contributed by atoms with Crippen LogP contribution in [0.15, 0.2) is 71.6 Å². The first-order valence-electron chi connectivity index (χ1n) is 13.5. The van der Waals surface area contributed by atoms with Crippen molar-refractivity contribution in [2.24, 2.45) is 5.92 Å². The van der Waals surface area contributed by atoms with Crippen LogP contribution in [0.4, 0.5) is 18.9 Å². The number of nitrogens with zero attached hydrogens (tertiary/aromatic N) is 2. The van der Waals surface area contributed by atoms with E-state index in [4.69, 9.17) is 16.3 Å². The van der Waals surface area contributed by atoms with Crippen LogP contribution in [0.3, 0.4) is 0 Å². The number of carbonyl (C=O) groups excluding carboxylic acids is 1. The van der Waals surface area contributed by atoms with Crippen molar-refractivity contribution in [3.05, 3.63) is 88.4 Å². The molecule has 0 saturated carbocycles. The van der Waals surface area contributed by atoms with Crippen LogP contribution in [-0.4, -0.2) is 68.1 Å². The summed E-state index contributed by atoms with van der Waals surface area (Å²) in [4.78, 5) is 17.1. The smallest absolute Gasteiger partial charge is 0.416 e. The fourth-order valence-electron chi connectivity index (χ4n) is 4.81. The molecule has 43 heavy (non-hydrogen) atoms. The van der Waals surface area contributed by atoms with Crippen molar-refractivity contribution in [1.82, 2.24) is 9.80 Å². The number of likely N-dealkylation sites (N-methyl/N-ethyl adjacent to an activating group) is 1. The Morgan fingerprint density at radius 1 is 1.12 bits per heavy atom. The molecule has 4 rings (SSSR count). The number of fused-ring (bicyclic) bond motifs is 1. The van der Waals surface area contributed by atoms with Crippen molar-refractivity contribution < 1.29 is 36.2 Å². The molecular weight excluding hydrogens is 607 g/mol. The van der Waals surface area contributed by atoms with E-state index in [2.05, 4.69) is 4.72 Å². The predicted molar refractivity (Wildman–Crippen MR) is 158 cm³/mol. The van der Waals surface area contributed by atoms with Gasteiger partial charge in [-0.25, -0.2) is 8.42 Å². The molecule has 1 aliphatic rings. The number of benzene rings is 3. The molecule has 3 aromatic rings. The SMILES string of the molecule is C[C@@H]1CN([C@H](C)CO)C(=O)c2cc(NS(=O)(=O)c3ccc(Cl)cc3)ccc2O[C@@H]1CN(C)Cc1ccc(C(F)(F)F)cc1. The summed E-state index contributed by atoms with van der Waals surface area (Å²) in [5, 5.41) is 10.3. The van der Waals surface area contributed by atoms with Gasteiger partial charge in [0.15, 0.2) is 0 Å². The molecule has 232 valence electrons. The van der Waals surface area contributed by atoms with Gasteiger partial charge < -0.3 is 14.7 Å². The number of ether oxygens (including phenoxy) is 1. The van der Waals surface area contributed by atoms with Crippen molar-refractivity contribution in [1.29, 1.82) is 0 Å². The Labute approximate surface area is 254 Å². The number of sulfonamides is 1. The number of anilines is 1. The lowest BCUT2D eigenvalue weighted by Gasteiger charge is -2.38. The molecule has 1 aliphatic heterocycles. The van der Waals surface area contributed by atoms with Crippen LogP contribution in [-0.2, 0) is 22.7 Å². The van der Waals surface area contributed by atoms with Gasteiger partial charge in [0.05, 0.1) is 28.7 Å². The first-order valence-corrected chi connectivity index (χ1v) is 15.4. The summed E-state index contributed by atoms with van der Waals surface area (Å²) in [6.07, 6.45) is -4.86. The number of amides is 1. The largest absolute Gasteiger partial charge is 0.488 e. The lowest BCUT2D eigenvalue weighted by molar-refractivity contribution is -0.137. The highest BCUT2D eigenvalue weighted by molar-refractivity contribution is 7.92. The summed E-state index contributed by atoms with van der Waals surface area (Å²) >= 11 is 5.88. The van der Waals surface area contributed by atoms with Crippen LogP contribution in [0.1, 0.15) is 35.3 Å². The minimum atomic E-state index is -4.41. The van der Waals surface area contributed by atoms with Crippen molar-refractivity contribution in [2.45, 2.75) is 43.6 Å². The Kier molecular flexibility index (Phi) is 9.95. The average Bonchev–Trinajstić information content (AvgIpc) is 2.94. The molecule has 0 radical (unpaired) electrons. The van der Waals surface area contributed by atoms with E-state index >= 15 is 0 Å². The molecule has 2 N–H and O–H groups in total. The van der Waals surface area contributed by atoms with Gasteiger partial charge in [0.1, 0.15) is 11.9 Å². The maximum atomic E-state index is 13.7. The standard InChI is InChI=1S/C30H33ClF3N3O5S/c1-19-15-37(20(2)18-38)29(39)26-14-24(35-43(40,41)25-11-8-23(31)9-12-25)10-13-27(26)42-28(19)17-36(3)16-21-4-6-22(7-5-21)30(32,33)34/h4-14,19-20,28,35,38H,15-18H2,1-3H3/t19-,20-,28-/m1/s1. The number of halogens is 4. The van der Waals surface area contributed by atoms with E-state index in [9.17, 15) is 31.5 Å². The lowest BCUT2D eigenvalue weighted by atomic mass is 9.99.